The number of nitrogens with zero attached hydrogens (tertiary/aromatic N) is 1. The SMILES string of the molecule is CC1CN(CCc2ccc(F)cc2)CCN1. The number of hydrogen-bond donors (Lipinski definition) is 1. The number of piperazine rings is 1. The lowest BCUT2D eigenvalue weighted by atomic mass is 10.1. The molecule has 1 N–H and O–H groups in total. The molecule has 16 heavy (non-hydrogen) atoms. The van der Waals surface area contributed by atoms with Crippen LogP contribution < -0.4 is 5.32 Å². The number of nitrogens with one attached hydrogen (secondary N) is 1. The van der Waals surface area contributed by atoms with Crippen LogP contribution >= 0.6 is 0 Å². The zero-order valence-electron chi connectivity index (χ0n) is 9.75. The van der Waals surface area contributed by atoms with Crippen molar-refractivity contribution >= 4 is 0 Å². The van der Waals surface area contributed by atoms with E-state index in [1.807, 2.05) is 12.1 Å². The lowest BCUT2D eigenvalue weighted by Crippen LogP contribution is -2.49. The van der Waals surface area contributed by atoms with Gasteiger partial charge in [-0.1, -0.05) is 12.1 Å². The largest absolute Gasteiger partial charge is 0.312 e. The molecule has 1 atom stereocenters. The minimum Gasteiger partial charge on any atom is -0.312 e. The van der Waals surface area contributed by atoms with Gasteiger partial charge in [0.25, 0.3) is 0 Å². The summed E-state index contributed by atoms with van der Waals surface area (Å²) in [5.74, 6) is -0.153. The molecule has 3 heteroatoms. The Hall–Kier alpha value is -0.930. The Bertz CT molecular complexity index is 323. The quantitative estimate of drug-likeness (QED) is 0.836. The molecular weight excluding hydrogens is 203 g/mol. The zero-order valence-corrected chi connectivity index (χ0v) is 9.75. The first kappa shape index (κ1) is 11.6. The maximum atomic E-state index is 12.7. The predicted octanol–water partition coefficient (Wildman–Crippen LogP) is 1.66. The Balaban J connectivity index is 1.80. The fourth-order valence-corrected chi connectivity index (χ4v) is 2.15. The average molecular weight is 222 g/mol. The van der Waals surface area contributed by atoms with Crippen LogP contribution in [0, 0.1) is 5.82 Å². The van der Waals surface area contributed by atoms with Gasteiger partial charge in [-0.05, 0) is 31.0 Å². The smallest absolute Gasteiger partial charge is 0.123 e. The number of rotatable bonds is 3. The topological polar surface area (TPSA) is 15.3 Å². The number of halogens is 1. The summed E-state index contributed by atoms with van der Waals surface area (Å²) in [5.41, 5.74) is 1.22. The highest BCUT2D eigenvalue weighted by Gasteiger charge is 2.14. The van der Waals surface area contributed by atoms with Gasteiger partial charge in [0, 0.05) is 32.2 Å². The molecule has 1 aromatic carbocycles. The molecule has 1 fully saturated rings. The normalized spacial score (nSPS) is 22.2. The molecule has 1 heterocycles. The van der Waals surface area contributed by atoms with Crippen LogP contribution in [-0.4, -0.2) is 37.1 Å². The van der Waals surface area contributed by atoms with Gasteiger partial charge < -0.3 is 10.2 Å². The van der Waals surface area contributed by atoms with Crippen molar-refractivity contribution in [2.24, 2.45) is 0 Å². The standard InChI is InChI=1S/C13H19FN2/c1-11-10-16(9-7-15-11)8-6-12-2-4-13(14)5-3-12/h2-5,11,15H,6-10H2,1H3. The summed E-state index contributed by atoms with van der Waals surface area (Å²) in [5, 5.41) is 3.43. The van der Waals surface area contributed by atoms with Crippen molar-refractivity contribution in [1.29, 1.82) is 0 Å². The van der Waals surface area contributed by atoms with Crippen LogP contribution in [0.2, 0.25) is 0 Å². The molecule has 1 aromatic rings. The van der Waals surface area contributed by atoms with Crippen LogP contribution in [0.15, 0.2) is 24.3 Å². The van der Waals surface area contributed by atoms with E-state index >= 15 is 0 Å². The minimum atomic E-state index is -0.153. The molecule has 0 spiro atoms. The Kier molecular flexibility index (Phi) is 3.91. The summed E-state index contributed by atoms with van der Waals surface area (Å²) < 4.78 is 12.7. The number of benzene rings is 1. The van der Waals surface area contributed by atoms with Gasteiger partial charge in [0.15, 0.2) is 0 Å². The molecule has 1 saturated heterocycles. The van der Waals surface area contributed by atoms with Crippen LogP contribution in [0.3, 0.4) is 0 Å². The van der Waals surface area contributed by atoms with Crippen molar-refractivity contribution in [3.8, 4) is 0 Å². The van der Waals surface area contributed by atoms with E-state index < -0.39 is 0 Å². The summed E-state index contributed by atoms with van der Waals surface area (Å²) in [6.07, 6.45) is 1.01. The van der Waals surface area contributed by atoms with Crippen molar-refractivity contribution in [3.63, 3.8) is 0 Å². The minimum absolute atomic E-state index is 0.153. The predicted molar refractivity (Wildman–Crippen MR) is 64.0 cm³/mol. The molecular formula is C13H19FN2. The van der Waals surface area contributed by atoms with Crippen molar-refractivity contribution in [1.82, 2.24) is 10.2 Å². The van der Waals surface area contributed by atoms with Gasteiger partial charge in [-0.3, -0.25) is 0 Å². The second-order valence-corrected chi connectivity index (χ2v) is 4.53. The van der Waals surface area contributed by atoms with E-state index in [0.717, 1.165) is 32.6 Å². The lowest BCUT2D eigenvalue weighted by Gasteiger charge is -2.31. The van der Waals surface area contributed by atoms with Crippen LogP contribution in [0.5, 0.6) is 0 Å². The molecule has 2 rings (SSSR count). The van der Waals surface area contributed by atoms with Crippen LogP contribution in [0.1, 0.15) is 12.5 Å². The van der Waals surface area contributed by atoms with Gasteiger partial charge in [0.2, 0.25) is 0 Å². The first-order valence-electron chi connectivity index (χ1n) is 5.94. The molecule has 0 radical (unpaired) electrons. The first-order chi connectivity index (χ1) is 7.74. The van der Waals surface area contributed by atoms with Crippen molar-refractivity contribution in [2.75, 3.05) is 26.2 Å². The van der Waals surface area contributed by atoms with Crippen LogP contribution in [-0.2, 0) is 6.42 Å². The Morgan fingerprint density at radius 1 is 1.38 bits per heavy atom. The fourth-order valence-electron chi connectivity index (χ4n) is 2.15. The molecule has 0 aliphatic carbocycles. The van der Waals surface area contributed by atoms with E-state index in [-0.39, 0.29) is 5.82 Å². The van der Waals surface area contributed by atoms with Gasteiger partial charge in [-0.15, -0.1) is 0 Å². The molecule has 1 unspecified atom stereocenters. The van der Waals surface area contributed by atoms with Crippen molar-refractivity contribution < 1.29 is 4.39 Å². The Morgan fingerprint density at radius 2 is 2.12 bits per heavy atom. The van der Waals surface area contributed by atoms with Gasteiger partial charge in [-0.2, -0.15) is 0 Å². The molecule has 0 saturated carbocycles. The van der Waals surface area contributed by atoms with Crippen molar-refractivity contribution in [3.05, 3.63) is 35.6 Å². The van der Waals surface area contributed by atoms with E-state index in [1.165, 1.54) is 17.7 Å². The van der Waals surface area contributed by atoms with E-state index in [0.29, 0.717) is 6.04 Å². The zero-order chi connectivity index (χ0) is 11.4. The third-order valence-corrected chi connectivity index (χ3v) is 3.08. The second-order valence-electron chi connectivity index (χ2n) is 4.53. The number of hydrogen-bond acceptors (Lipinski definition) is 2. The molecule has 1 aliphatic rings. The fraction of sp³-hybridized carbons (Fsp3) is 0.538. The Labute approximate surface area is 96.5 Å². The molecule has 0 bridgehead atoms. The van der Waals surface area contributed by atoms with Crippen molar-refractivity contribution in [2.45, 2.75) is 19.4 Å². The Morgan fingerprint density at radius 3 is 2.81 bits per heavy atom. The highest BCUT2D eigenvalue weighted by Crippen LogP contribution is 2.06. The summed E-state index contributed by atoms with van der Waals surface area (Å²) in [6.45, 7) is 6.58. The highest BCUT2D eigenvalue weighted by molar-refractivity contribution is 5.16. The lowest BCUT2D eigenvalue weighted by molar-refractivity contribution is 0.209. The van der Waals surface area contributed by atoms with Gasteiger partial charge in [-0.25, -0.2) is 4.39 Å². The van der Waals surface area contributed by atoms with Gasteiger partial charge >= 0.3 is 0 Å². The van der Waals surface area contributed by atoms with Gasteiger partial charge in [0.1, 0.15) is 5.82 Å². The molecule has 0 amide bonds. The van der Waals surface area contributed by atoms with E-state index in [1.54, 1.807) is 0 Å². The summed E-state index contributed by atoms with van der Waals surface area (Å²) in [6, 6.07) is 7.41. The van der Waals surface area contributed by atoms with Gasteiger partial charge in [0.05, 0.1) is 0 Å². The van der Waals surface area contributed by atoms with Crippen LogP contribution in [0.25, 0.3) is 0 Å². The van der Waals surface area contributed by atoms with Crippen LogP contribution in [0.4, 0.5) is 4.39 Å². The maximum Gasteiger partial charge on any atom is 0.123 e. The highest BCUT2D eigenvalue weighted by atomic mass is 19.1. The molecule has 2 nitrogen and oxygen atoms in total. The second kappa shape index (κ2) is 5.41. The summed E-state index contributed by atoms with van der Waals surface area (Å²) >= 11 is 0. The monoisotopic (exact) mass is 222 g/mol. The first-order valence-corrected chi connectivity index (χ1v) is 5.94. The van der Waals surface area contributed by atoms with E-state index in [4.69, 9.17) is 0 Å². The third-order valence-electron chi connectivity index (χ3n) is 3.08. The maximum absolute atomic E-state index is 12.7. The van der Waals surface area contributed by atoms with E-state index in [2.05, 4.69) is 17.1 Å². The van der Waals surface area contributed by atoms with E-state index in [9.17, 15) is 4.39 Å². The molecule has 0 aromatic heterocycles. The third kappa shape index (κ3) is 3.29. The molecule has 88 valence electrons. The average Bonchev–Trinajstić information content (AvgIpc) is 2.28. The summed E-state index contributed by atoms with van der Waals surface area (Å²) in [7, 11) is 0. The molecule has 1 aliphatic heterocycles. The summed E-state index contributed by atoms with van der Waals surface area (Å²) in [4.78, 5) is 2.46.